The minimum Gasteiger partial charge on any atom is -0.480 e. The molecule has 2 aromatic heterocycles. The zero-order valence-corrected chi connectivity index (χ0v) is 32.6. The standard InChI is InChI=1S/C38H48ClFN8O3.C2H6/c1-4-37(21-42)12-9-24(19-37)48-14-6-11-38(10-5-8-27(38)48)22-51-36-45-33-29(34(46-36)47-13-7-16-50-17-15-47)35(49-3)44-32(31(33)40)28-25(20-41)26(43)18-23(2)30(28)39;1-2/h18,20,24,27,41H,4-17,19,22,43H2,1-3H3;1-2H3. The molecule has 53 heavy (non-hydrogen) atoms. The number of anilines is 2. The van der Waals surface area contributed by atoms with Gasteiger partial charge >= 0.3 is 6.01 Å². The largest absolute Gasteiger partial charge is 0.480 e. The number of fused-ring (bicyclic) bond motifs is 2. The summed E-state index contributed by atoms with van der Waals surface area (Å²) in [5.41, 5.74) is 7.26. The molecule has 11 nitrogen and oxygen atoms in total. The Hall–Kier alpha value is -3.79. The van der Waals surface area contributed by atoms with Crippen molar-refractivity contribution in [2.24, 2.45) is 10.8 Å². The molecule has 1 aromatic carbocycles. The van der Waals surface area contributed by atoms with Crippen molar-refractivity contribution >= 4 is 40.2 Å². The number of rotatable bonds is 9. The molecule has 0 spiro atoms. The SMILES string of the molecule is CC.CCC1(C#N)CCC(N2CCCC3(COc4nc(N5CCCOCC5)c5c(OC)nc(-c6c(Cl)c(C)cc(N)c6C=N)c(F)c5n4)CCCC23)C1. The molecule has 4 atom stereocenters. The monoisotopic (exact) mass is 748 g/mol. The van der Waals surface area contributed by atoms with Crippen LogP contribution in [0.5, 0.6) is 11.9 Å². The smallest absolute Gasteiger partial charge is 0.319 e. The van der Waals surface area contributed by atoms with Crippen molar-refractivity contribution in [1.29, 1.82) is 10.7 Å². The van der Waals surface area contributed by atoms with E-state index in [1.54, 1.807) is 13.0 Å². The third-order valence-corrected chi connectivity index (χ3v) is 12.6. The fourth-order valence-electron chi connectivity index (χ4n) is 9.36. The number of nitrogens with zero attached hydrogens (tertiary/aromatic N) is 6. The molecule has 2 saturated heterocycles. The van der Waals surface area contributed by atoms with Gasteiger partial charge in [-0.2, -0.15) is 15.2 Å². The lowest BCUT2D eigenvalue weighted by Gasteiger charge is -2.48. The first-order chi connectivity index (χ1) is 25.7. The first kappa shape index (κ1) is 38.9. The van der Waals surface area contributed by atoms with Gasteiger partial charge in [-0.1, -0.05) is 38.8 Å². The van der Waals surface area contributed by atoms with Crippen molar-refractivity contribution in [1.82, 2.24) is 19.9 Å². The van der Waals surface area contributed by atoms with Gasteiger partial charge < -0.3 is 30.3 Å². The fourth-order valence-corrected chi connectivity index (χ4v) is 9.60. The van der Waals surface area contributed by atoms with E-state index < -0.39 is 5.82 Å². The number of nitrogens with two attached hydrogens (primary N) is 1. The molecule has 3 N–H and O–H groups in total. The van der Waals surface area contributed by atoms with E-state index in [0.717, 1.165) is 77.0 Å². The number of aromatic nitrogens is 3. The van der Waals surface area contributed by atoms with Crippen molar-refractivity contribution in [3.05, 3.63) is 28.0 Å². The average Bonchev–Trinajstić information content (AvgIpc) is 3.73. The van der Waals surface area contributed by atoms with E-state index in [2.05, 4.69) is 27.8 Å². The number of halogens is 2. The van der Waals surface area contributed by atoms with Crippen LogP contribution in [0.1, 0.15) is 96.1 Å². The molecular formula is C40H54ClFN8O3. The van der Waals surface area contributed by atoms with E-state index in [1.165, 1.54) is 7.11 Å². The Morgan fingerprint density at radius 3 is 2.64 bits per heavy atom. The third-order valence-electron chi connectivity index (χ3n) is 12.1. The molecule has 0 bridgehead atoms. The number of methoxy groups -OCH3 is 1. The van der Waals surface area contributed by atoms with Gasteiger partial charge in [0.15, 0.2) is 5.82 Å². The highest BCUT2D eigenvalue weighted by atomic mass is 35.5. The van der Waals surface area contributed by atoms with Crippen LogP contribution in [0.3, 0.4) is 0 Å². The number of nitrogen functional groups attached to an aromatic ring is 1. The second-order valence-electron chi connectivity index (χ2n) is 14.9. The molecule has 4 heterocycles. The minimum atomic E-state index is -0.723. The van der Waals surface area contributed by atoms with Crippen molar-refractivity contribution in [3.63, 3.8) is 0 Å². The Kier molecular flexibility index (Phi) is 12.0. The van der Waals surface area contributed by atoms with Gasteiger partial charge in [-0.05, 0) is 82.9 Å². The summed E-state index contributed by atoms with van der Waals surface area (Å²) in [5.74, 6) is -0.115. The number of nitriles is 1. The number of benzene rings is 1. The van der Waals surface area contributed by atoms with Gasteiger partial charge in [0, 0.05) is 60.2 Å². The van der Waals surface area contributed by atoms with Gasteiger partial charge in [-0.3, -0.25) is 4.90 Å². The van der Waals surface area contributed by atoms with Crippen molar-refractivity contribution in [2.45, 2.75) is 104 Å². The summed E-state index contributed by atoms with van der Waals surface area (Å²) < 4.78 is 35.3. The minimum absolute atomic E-state index is 0.00167. The molecule has 4 unspecified atom stereocenters. The molecule has 286 valence electrons. The van der Waals surface area contributed by atoms with Crippen LogP contribution in [0, 0.1) is 40.3 Å². The molecule has 0 radical (unpaired) electrons. The number of aryl methyl sites for hydroxylation is 1. The number of pyridine rings is 1. The topological polar surface area (TPSA) is 146 Å². The maximum Gasteiger partial charge on any atom is 0.319 e. The van der Waals surface area contributed by atoms with Crippen LogP contribution < -0.4 is 20.1 Å². The molecular weight excluding hydrogens is 695 g/mol. The summed E-state index contributed by atoms with van der Waals surface area (Å²) in [6.45, 7) is 11.7. The first-order valence-electron chi connectivity index (χ1n) is 19.3. The fraction of sp³-hybridized carbons (Fsp3) is 0.625. The molecule has 4 aliphatic rings. The van der Waals surface area contributed by atoms with Crippen LogP contribution in [-0.4, -0.2) is 84.7 Å². The number of ether oxygens (including phenoxy) is 3. The summed E-state index contributed by atoms with van der Waals surface area (Å²) in [6.07, 6.45) is 11.0. The van der Waals surface area contributed by atoms with E-state index in [0.29, 0.717) is 61.8 Å². The Balaban J connectivity index is 0.00000236. The molecule has 7 rings (SSSR count). The average molecular weight is 749 g/mol. The first-order valence-corrected chi connectivity index (χ1v) is 19.7. The highest BCUT2D eigenvalue weighted by Gasteiger charge is 2.52. The second kappa shape index (κ2) is 16.3. The van der Waals surface area contributed by atoms with Crippen molar-refractivity contribution < 1.29 is 18.6 Å². The Labute approximate surface area is 317 Å². The van der Waals surface area contributed by atoms with Gasteiger partial charge in [-0.25, -0.2) is 9.37 Å². The van der Waals surface area contributed by atoms with Crippen LogP contribution >= 0.6 is 11.6 Å². The highest BCUT2D eigenvalue weighted by Crippen LogP contribution is 2.52. The third kappa shape index (κ3) is 7.12. The predicted octanol–water partition coefficient (Wildman–Crippen LogP) is 8.12. The van der Waals surface area contributed by atoms with E-state index in [9.17, 15) is 5.26 Å². The number of hydrogen-bond acceptors (Lipinski definition) is 11. The molecule has 4 fully saturated rings. The number of likely N-dealkylation sites (tertiary alicyclic amines) is 1. The lowest BCUT2D eigenvalue weighted by Crippen LogP contribution is -2.55. The van der Waals surface area contributed by atoms with Gasteiger partial charge in [0.25, 0.3) is 0 Å². The highest BCUT2D eigenvalue weighted by molar-refractivity contribution is 6.35. The Morgan fingerprint density at radius 2 is 1.92 bits per heavy atom. The van der Waals surface area contributed by atoms with Crippen molar-refractivity contribution in [2.75, 3.05) is 57.2 Å². The predicted molar refractivity (Wildman–Crippen MR) is 208 cm³/mol. The zero-order valence-electron chi connectivity index (χ0n) is 31.9. The Bertz CT molecular complexity index is 1860. The van der Waals surface area contributed by atoms with E-state index >= 15 is 4.39 Å². The summed E-state index contributed by atoms with van der Waals surface area (Å²) in [5, 5.41) is 18.7. The van der Waals surface area contributed by atoms with Crippen LogP contribution in [0.25, 0.3) is 22.2 Å². The van der Waals surface area contributed by atoms with Gasteiger partial charge in [-0.15, -0.1) is 0 Å². The second-order valence-corrected chi connectivity index (χ2v) is 15.2. The summed E-state index contributed by atoms with van der Waals surface area (Å²) in [7, 11) is 1.48. The van der Waals surface area contributed by atoms with Crippen LogP contribution in [-0.2, 0) is 4.74 Å². The number of hydrogen-bond donors (Lipinski definition) is 2. The molecule has 2 aliphatic heterocycles. The van der Waals surface area contributed by atoms with Gasteiger partial charge in [0.05, 0.1) is 36.8 Å². The number of nitrogens with one attached hydrogen (secondary N) is 1. The molecule has 3 aromatic rings. The molecule has 2 aliphatic carbocycles. The maximum atomic E-state index is 17.1. The van der Waals surface area contributed by atoms with Crippen molar-refractivity contribution in [3.8, 4) is 29.2 Å². The van der Waals surface area contributed by atoms with E-state index in [-0.39, 0.29) is 55.8 Å². The molecule has 13 heteroatoms. The summed E-state index contributed by atoms with van der Waals surface area (Å²) in [6, 6.07) is 5.17. The molecule has 0 amide bonds. The quantitative estimate of drug-likeness (QED) is 0.162. The normalized spacial score (nSPS) is 26.0. The maximum absolute atomic E-state index is 17.1. The van der Waals surface area contributed by atoms with E-state index in [4.69, 9.17) is 46.9 Å². The van der Waals surface area contributed by atoms with E-state index in [1.807, 2.05) is 13.8 Å². The van der Waals surface area contributed by atoms with Crippen LogP contribution in [0.2, 0.25) is 5.02 Å². The zero-order chi connectivity index (χ0) is 37.9. The van der Waals surface area contributed by atoms with Gasteiger partial charge in [0.1, 0.15) is 22.4 Å². The lowest BCUT2D eigenvalue weighted by molar-refractivity contribution is -0.0228. The number of piperidine rings is 1. The van der Waals surface area contributed by atoms with Crippen LogP contribution in [0.15, 0.2) is 6.07 Å². The van der Waals surface area contributed by atoms with Gasteiger partial charge in [0.2, 0.25) is 5.88 Å². The lowest BCUT2D eigenvalue weighted by atomic mass is 9.74. The van der Waals surface area contributed by atoms with Crippen LogP contribution in [0.4, 0.5) is 15.9 Å². The Morgan fingerprint density at radius 1 is 1.13 bits per heavy atom. The summed E-state index contributed by atoms with van der Waals surface area (Å²) >= 11 is 6.78. The summed E-state index contributed by atoms with van der Waals surface area (Å²) in [4.78, 5) is 19.1. The molecule has 2 saturated carbocycles.